The van der Waals surface area contributed by atoms with Gasteiger partial charge in [0, 0.05) is 53.6 Å². The Hall–Kier alpha value is -7.15. The van der Waals surface area contributed by atoms with Crippen LogP contribution in [-0.2, 0) is 0 Å². The van der Waals surface area contributed by atoms with Crippen molar-refractivity contribution in [2.45, 2.75) is 0 Å². The average Bonchev–Trinajstić information content (AvgIpc) is 3.65. The Labute approximate surface area is 322 Å². The summed E-state index contributed by atoms with van der Waals surface area (Å²) >= 11 is 1.79. The van der Waals surface area contributed by atoms with E-state index in [0.717, 1.165) is 50.3 Å². The summed E-state index contributed by atoms with van der Waals surface area (Å²) in [5.41, 5.74) is 9.64. The molecule has 6 heteroatoms. The Morgan fingerprint density at radius 2 is 0.691 bits per heavy atom. The van der Waals surface area contributed by atoms with Crippen LogP contribution in [0.25, 0.3) is 99.4 Å². The Morgan fingerprint density at radius 1 is 0.255 bits per heavy atom. The maximum absolute atomic E-state index is 5.11. The Kier molecular flexibility index (Phi) is 8.28. The fourth-order valence-corrected chi connectivity index (χ4v) is 8.10. The first-order chi connectivity index (χ1) is 27.2. The molecule has 0 saturated carbocycles. The quantitative estimate of drug-likeness (QED) is 0.164. The molecule has 0 atom stereocenters. The molecule has 55 heavy (non-hydrogen) atoms. The van der Waals surface area contributed by atoms with Crippen molar-refractivity contribution < 1.29 is 0 Å². The molecule has 0 spiro atoms. The first-order valence-electron chi connectivity index (χ1n) is 18.2. The van der Waals surface area contributed by atoms with Crippen LogP contribution >= 0.6 is 11.3 Å². The van der Waals surface area contributed by atoms with Crippen molar-refractivity contribution in [1.29, 1.82) is 0 Å². The maximum Gasteiger partial charge on any atom is 0.164 e. The van der Waals surface area contributed by atoms with Gasteiger partial charge in [-0.15, -0.1) is 11.3 Å². The third-order valence-corrected chi connectivity index (χ3v) is 10.9. The molecule has 0 fully saturated rings. The van der Waals surface area contributed by atoms with Gasteiger partial charge < -0.3 is 0 Å². The molecule has 0 bridgehead atoms. The van der Waals surface area contributed by atoms with Gasteiger partial charge in [-0.05, 0) is 35.4 Å². The second-order valence-electron chi connectivity index (χ2n) is 13.3. The average molecular weight is 722 g/mol. The van der Waals surface area contributed by atoms with Gasteiger partial charge in [-0.1, -0.05) is 164 Å². The van der Waals surface area contributed by atoms with Crippen molar-refractivity contribution in [2.24, 2.45) is 0 Å². The van der Waals surface area contributed by atoms with Crippen LogP contribution in [0.2, 0.25) is 0 Å². The van der Waals surface area contributed by atoms with E-state index < -0.39 is 0 Å². The maximum atomic E-state index is 5.11. The largest absolute Gasteiger partial charge is 0.228 e. The van der Waals surface area contributed by atoms with E-state index in [0.29, 0.717) is 23.3 Å². The Bertz CT molecular complexity index is 2960. The zero-order valence-electron chi connectivity index (χ0n) is 29.5. The molecule has 7 aromatic carbocycles. The SMILES string of the molecule is c1ccc(-c2ccc(-c3cc(-c4cccc(-c5nc(-c6ccccc6)nc(-c6ccc7c(c6)sc6ccccc67)n5)c4)nc(-c4ccccc4)n3)cc2)cc1. The van der Waals surface area contributed by atoms with Gasteiger partial charge in [0.25, 0.3) is 0 Å². The molecule has 0 aliphatic heterocycles. The lowest BCUT2D eigenvalue weighted by molar-refractivity contribution is 1.07. The summed E-state index contributed by atoms with van der Waals surface area (Å²) in [4.78, 5) is 25.3. The molecule has 10 rings (SSSR count). The van der Waals surface area contributed by atoms with Crippen LogP contribution in [-0.4, -0.2) is 24.9 Å². The highest BCUT2D eigenvalue weighted by Crippen LogP contribution is 2.37. The van der Waals surface area contributed by atoms with Gasteiger partial charge in [-0.2, -0.15) is 0 Å². The van der Waals surface area contributed by atoms with E-state index in [2.05, 4.69) is 115 Å². The van der Waals surface area contributed by atoms with Gasteiger partial charge in [0.2, 0.25) is 0 Å². The van der Waals surface area contributed by atoms with Gasteiger partial charge in [0.1, 0.15) is 0 Å². The van der Waals surface area contributed by atoms with E-state index in [4.69, 9.17) is 24.9 Å². The van der Waals surface area contributed by atoms with Crippen LogP contribution < -0.4 is 0 Å². The van der Waals surface area contributed by atoms with Crippen molar-refractivity contribution in [3.63, 3.8) is 0 Å². The molecular formula is C49H31N5S. The van der Waals surface area contributed by atoms with E-state index in [1.165, 1.54) is 25.7 Å². The van der Waals surface area contributed by atoms with Gasteiger partial charge in [-0.3, -0.25) is 0 Å². The molecule has 3 aromatic heterocycles. The monoisotopic (exact) mass is 721 g/mol. The fraction of sp³-hybridized carbons (Fsp3) is 0. The molecule has 0 radical (unpaired) electrons. The third kappa shape index (κ3) is 6.45. The van der Waals surface area contributed by atoms with E-state index in [9.17, 15) is 0 Å². The lowest BCUT2D eigenvalue weighted by atomic mass is 10.0. The number of nitrogens with zero attached hydrogens (tertiary/aromatic N) is 5. The predicted molar refractivity (Wildman–Crippen MR) is 226 cm³/mol. The van der Waals surface area contributed by atoms with Gasteiger partial charge >= 0.3 is 0 Å². The van der Waals surface area contributed by atoms with Crippen LogP contribution in [0.5, 0.6) is 0 Å². The summed E-state index contributed by atoms with van der Waals surface area (Å²) < 4.78 is 2.47. The lowest BCUT2D eigenvalue weighted by Gasteiger charge is -2.12. The number of aromatic nitrogens is 5. The molecule has 0 aliphatic rings. The van der Waals surface area contributed by atoms with Crippen LogP contribution in [0.15, 0.2) is 188 Å². The minimum Gasteiger partial charge on any atom is -0.228 e. The first kappa shape index (κ1) is 32.5. The van der Waals surface area contributed by atoms with Crippen molar-refractivity contribution in [1.82, 2.24) is 24.9 Å². The molecule has 0 saturated heterocycles. The van der Waals surface area contributed by atoms with Gasteiger partial charge in [-0.25, -0.2) is 24.9 Å². The lowest BCUT2D eigenvalue weighted by Crippen LogP contribution is -2.00. The van der Waals surface area contributed by atoms with Crippen molar-refractivity contribution >= 4 is 31.5 Å². The number of thiophene rings is 1. The fourth-order valence-electron chi connectivity index (χ4n) is 6.96. The molecule has 0 aliphatic carbocycles. The predicted octanol–water partition coefficient (Wildman–Crippen LogP) is 12.7. The first-order valence-corrected chi connectivity index (χ1v) is 19.0. The van der Waals surface area contributed by atoms with Crippen molar-refractivity contribution in [2.75, 3.05) is 0 Å². The topological polar surface area (TPSA) is 64.5 Å². The van der Waals surface area contributed by atoms with Crippen LogP contribution in [0.3, 0.4) is 0 Å². The highest BCUT2D eigenvalue weighted by Gasteiger charge is 2.16. The molecule has 0 amide bonds. The normalized spacial score (nSPS) is 11.3. The summed E-state index contributed by atoms with van der Waals surface area (Å²) in [5, 5.41) is 2.50. The van der Waals surface area contributed by atoms with Crippen LogP contribution in [0.1, 0.15) is 0 Å². The molecule has 0 N–H and O–H groups in total. The summed E-state index contributed by atoms with van der Waals surface area (Å²) in [6.45, 7) is 0. The molecule has 0 unspecified atom stereocenters. The second-order valence-corrected chi connectivity index (χ2v) is 14.4. The highest BCUT2D eigenvalue weighted by atomic mass is 32.1. The minimum atomic E-state index is 0.594. The molecular weight excluding hydrogens is 691 g/mol. The summed E-state index contributed by atoms with van der Waals surface area (Å²) in [7, 11) is 0. The Morgan fingerprint density at radius 3 is 1.36 bits per heavy atom. The summed E-state index contributed by atoms with van der Waals surface area (Å²) in [5.74, 6) is 2.51. The number of rotatable bonds is 7. The third-order valence-electron chi connectivity index (χ3n) is 9.77. The molecule has 3 heterocycles. The Balaban J connectivity index is 1.08. The standard InChI is InChI=1S/C49H31N5S/c1-4-13-32(14-5-1)33-23-25-34(26-24-33)42-31-43(51-46(50-42)35-15-6-2-7-16-35)37-19-12-20-38(29-37)48-52-47(36-17-8-3-9-18-36)53-49(54-48)39-27-28-41-40-21-10-11-22-44(40)55-45(41)30-39/h1-31H. The number of fused-ring (bicyclic) bond motifs is 3. The van der Waals surface area contributed by atoms with Crippen molar-refractivity contribution in [3.8, 4) is 79.2 Å². The summed E-state index contributed by atoms with van der Waals surface area (Å²) in [6.07, 6.45) is 0. The number of hydrogen-bond acceptors (Lipinski definition) is 6. The van der Waals surface area contributed by atoms with Gasteiger partial charge in [0.05, 0.1) is 11.4 Å². The minimum absolute atomic E-state index is 0.594. The zero-order chi connectivity index (χ0) is 36.6. The molecule has 10 aromatic rings. The number of hydrogen-bond donors (Lipinski definition) is 0. The number of benzene rings is 7. The molecule has 258 valence electrons. The van der Waals surface area contributed by atoms with Crippen LogP contribution in [0, 0.1) is 0 Å². The highest BCUT2D eigenvalue weighted by molar-refractivity contribution is 7.25. The van der Waals surface area contributed by atoms with Crippen molar-refractivity contribution in [3.05, 3.63) is 188 Å². The smallest absolute Gasteiger partial charge is 0.164 e. The van der Waals surface area contributed by atoms with E-state index in [1.54, 1.807) is 11.3 Å². The van der Waals surface area contributed by atoms with E-state index >= 15 is 0 Å². The van der Waals surface area contributed by atoms with E-state index in [1.807, 2.05) is 72.8 Å². The summed E-state index contributed by atoms with van der Waals surface area (Å²) in [6, 6.07) is 64.6. The zero-order valence-corrected chi connectivity index (χ0v) is 30.4. The van der Waals surface area contributed by atoms with E-state index in [-0.39, 0.29) is 0 Å². The second kappa shape index (κ2) is 14.0. The van der Waals surface area contributed by atoms with Crippen LogP contribution in [0.4, 0.5) is 0 Å². The molecule has 5 nitrogen and oxygen atoms in total. The van der Waals surface area contributed by atoms with Gasteiger partial charge in [0.15, 0.2) is 23.3 Å².